The zero-order valence-corrected chi connectivity index (χ0v) is 8.51. The molecular weight excluding hydrogens is 198 g/mol. The van der Waals surface area contributed by atoms with Gasteiger partial charge in [0.1, 0.15) is 5.65 Å². The molecule has 0 amide bonds. The first-order valence-electron chi connectivity index (χ1n) is 5.25. The topological polar surface area (TPSA) is 33.1 Å². The summed E-state index contributed by atoms with van der Waals surface area (Å²) in [6.45, 7) is 0. The van der Waals surface area contributed by atoms with Gasteiger partial charge in [0, 0.05) is 34.9 Å². The highest BCUT2D eigenvalue weighted by Gasteiger charge is 2.04. The van der Waals surface area contributed by atoms with Crippen LogP contribution >= 0.6 is 0 Å². The van der Waals surface area contributed by atoms with E-state index in [1.54, 1.807) is 0 Å². The number of hydrogen-bond acceptors (Lipinski definition) is 1. The Kier molecular flexibility index (Phi) is 1.31. The Hall–Kier alpha value is -2.29. The van der Waals surface area contributed by atoms with Gasteiger partial charge in [0.15, 0.2) is 0 Å². The molecule has 3 heterocycles. The molecule has 0 radical (unpaired) electrons. The summed E-state index contributed by atoms with van der Waals surface area (Å²) in [5.41, 5.74) is 3.30. The van der Waals surface area contributed by atoms with Gasteiger partial charge in [-0.1, -0.05) is 18.2 Å². The van der Waals surface area contributed by atoms with Crippen molar-refractivity contribution in [2.45, 2.75) is 0 Å². The second kappa shape index (κ2) is 2.64. The number of H-pyrrole nitrogens is 1. The van der Waals surface area contributed by atoms with Crippen molar-refractivity contribution >= 4 is 27.5 Å². The van der Waals surface area contributed by atoms with Crippen LogP contribution in [0.5, 0.6) is 0 Å². The molecule has 0 fully saturated rings. The predicted molar refractivity (Wildman–Crippen MR) is 64.6 cm³/mol. The molecule has 3 aromatic heterocycles. The smallest absolute Gasteiger partial charge is 0.137 e. The maximum atomic E-state index is 4.30. The van der Waals surface area contributed by atoms with Crippen molar-refractivity contribution < 1.29 is 0 Å². The average Bonchev–Trinajstić information content (AvgIpc) is 2.88. The molecule has 0 atom stereocenters. The van der Waals surface area contributed by atoms with Crippen LogP contribution in [0.2, 0.25) is 0 Å². The lowest BCUT2D eigenvalue weighted by atomic mass is 10.2. The summed E-state index contributed by atoms with van der Waals surface area (Å²) in [7, 11) is 0. The van der Waals surface area contributed by atoms with Gasteiger partial charge in [0.05, 0.1) is 5.52 Å². The van der Waals surface area contributed by atoms with Crippen molar-refractivity contribution in [1.82, 2.24) is 14.4 Å². The van der Waals surface area contributed by atoms with E-state index < -0.39 is 0 Å². The summed E-state index contributed by atoms with van der Waals surface area (Å²) in [6.07, 6.45) is 5.86. The van der Waals surface area contributed by atoms with Gasteiger partial charge >= 0.3 is 0 Å². The monoisotopic (exact) mass is 207 g/mol. The van der Waals surface area contributed by atoms with Crippen LogP contribution in [0.3, 0.4) is 0 Å². The van der Waals surface area contributed by atoms with Crippen LogP contribution in [-0.4, -0.2) is 14.4 Å². The number of para-hydroxylation sites is 1. The summed E-state index contributed by atoms with van der Waals surface area (Å²) in [4.78, 5) is 7.72. The van der Waals surface area contributed by atoms with Crippen molar-refractivity contribution in [3.05, 3.63) is 48.9 Å². The number of hydrogen-bond donors (Lipinski definition) is 1. The van der Waals surface area contributed by atoms with Gasteiger partial charge in [-0.25, -0.2) is 4.98 Å². The minimum Gasteiger partial charge on any atom is -0.353 e. The molecule has 16 heavy (non-hydrogen) atoms. The lowest BCUT2D eigenvalue weighted by Crippen LogP contribution is -1.81. The zero-order valence-electron chi connectivity index (χ0n) is 8.51. The highest BCUT2D eigenvalue weighted by Crippen LogP contribution is 2.25. The molecule has 3 nitrogen and oxygen atoms in total. The quantitative estimate of drug-likeness (QED) is 0.472. The van der Waals surface area contributed by atoms with E-state index >= 15 is 0 Å². The standard InChI is InChI=1S/C13H9N3/c1-2-4-11-9(3-1)10-7-13-14-5-6-16(13)8-12(10)15-11/h1-8,15H. The fraction of sp³-hybridized carbons (Fsp3) is 0. The van der Waals surface area contributed by atoms with E-state index in [9.17, 15) is 0 Å². The van der Waals surface area contributed by atoms with Gasteiger partial charge in [-0.15, -0.1) is 0 Å². The maximum Gasteiger partial charge on any atom is 0.137 e. The van der Waals surface area contributed by atoms with Gasteiger partial charge < -0.3 is 9.38 Å². The molecule has 0 unspecified atom stereocenters. The molecule has 0 saturated carbocycles. The largest absolute Gasteiger partial charge is 0.353 e. The molecule has 4 rings (SSSR count). The number of nitrogens with zero attached hydrogens (tertiary/aromatic N) is 2. The van der Waals surface area contributed by atoms with Crippen molar-refractivity contribution in [3.8, 4) is 0 Å². The fourth-order valence-corrected chi connectivity index (χ4v) is 2.26. The predicted octanol–water partition coefficient (Wildman–Crippen LogP) is 2.97. The van der Waals surface area contributed by atoms with E-state index in [4.69, 9.17) is 0 Å². The van der Waals surface area contributed by atoms with E-state index in [1.807, 2.05) is 22.9 Å². The summed E-state index contributed by atoms with van der Waals surface area (Å²) in [6, 6.07) is 10.5. The lowest BCUT2D eigenvalue weighted by molar-refractivity contribution is 1.20. The summed E-state index contributed by atoms with van der Waals surface area (Å²) >= 11 is 0. The van der Waals surface area contributed by atoms with Crippen LogP contribution in [0.15, 0.2) is 48.9 Å². The third kappa shape index (κ3) is 0.896. The molecule has 0 bridgehead atoms. The fourth-order valence-electron chi connectivity index (χ4n) is 2.26. The van der Waals surface area contributed by atoms with Gasteiger partial charge in [-0.3, -0.25) is 0 Å². The number of pyridine rings is 1. The van der Waals surface area contributed by atoms with Crippen molar-refractivity contribution in [2.24, 2.45) is 0 Å². The normalized spacial score (nSPS) is 11.8. The number of nitrogens with one attached hydrogen (secondary N) is 1. The van der Waals surface area contributed by atoms with E-state index in [1.165, 1.54) is 16.3 Å². The Morgan fingerprint density at radius 2 is 2.00 bits per heavy atom. The average molecular weight is 207 g/mol. The molecule has 0 aliphatic carbocycles. The Morgan fingerprint density at radius 3 is 3.00 bits per heavy atom. The molecule has 4 aromatic rings. The lowest BCUT2D eigenvalue weighted by Gasteiger charge is -1.94. The Bertz CT molecular complexity index is 808. The minimum atomic E-state index is 0.984. The number of rotatable bonds is 0. The Labute approximate surface area is 91.3 Å². The van der Waals surface area contributed by atoms with E-state index in [0.29, 0.717) is 0 Å². The highest BCUT2D eigenvalue weighted by molar-refractivity contribution is 6.07. The number of aromatic amines is 1. The van der Waals surface area contributed by atoms with Crippen LogP contribution in [0, 0.1) is 0 Å². The van der Waals surface area contributed by atoms with Crippen molar-refractivity contribution in [2.75, 3.05) is 0 Å². The first kappa shape index (κ1) is 7.93. The third-order valence-corrected chi connectivity index (χ3v) is 3.02. The molecule has 0 spiro atoms. The second-order valence-electron chi connectivity index (χ2n) is 3.96. The molecule has 1 N–H and O–H groups in total. The first-order valence-corrected chi connectivity index (χ1v) is 5.25. The minimum absolute atomic E-state index is 0.984. The molecule has 3 heteroatoms. The van der Waals surface area contributed by atoms with E-state index in [2.05, 4.69) is 40.4 Å². The van der Waals surface area contributed by atoms with Gasteiger partial charge in [0.2, 0.25) is 0 Å². The van der Waals surface area contributed by atoms with E-state index in [-0.39, 0.29) is 0 Å². The third-order valence-electron chi connectivity index (χ3n) is 3.02. The number of aromatic nitrogens is 3. The molecule has 0 aliphatic rings. The first-order chi connectivity index (χ1) is 7.92. The Balaban J connectivity index is 2.32. The van der Waals surface area contributed by atoms with Crippen LogP contribution in [0.4, 0.5) is 0 Å². The van der Waals surface area contributed by atoms with E-state index in [0.717, 1.165) is 11.2 Å². The highest BCUT2D eigenvalue weighted by atomic mass is 15.0. The molecule has 1 aromatic carbocycles. The SMILES string of the molecule is c1ccc2c(c1)[nH]c1cn3ccnc3cc12. The van der Waals surface area contributed by atoms with Crippen LogP contribution in [0.25, 0.3) is 27.5 Å². The Morgan fingerprint density at radius 1 is 1.06 bits per heavy atom. The van der Waals surface area contributed by atoms with Crippen molar-refractivity contribution in [1.29, 1.82) is 0 Å². The summed E-state index contributed by atoms with van der Waals surface area (Å²) in [5, 5.41) is 2.48. The van der Waals surface area contributed by atoms with Crippen LogP contribution < -0.4 is 0 Å². The molecular formula is C13H9N3. The zero-order chi connectivity index (χ0) is 10.5. The molecule has 0 aliphatic heterocycles. The van der Waals surface area contributed by atoms with Crippen LogP contribution in [-0.2, 0) is 0 Å². The number of fused-ring (bicyclic) bond motifs is 4. The van der Waals surface area contributed by atoms with Crippen LogP contribution in [0.1, 0.15) is 0 Å². The van der Waals surface area contributed by atoms with Gasteiger partial charge in [-0.2, -0.15) is 0 Å². The maximum absolute atomic E-state index is 4.30. The summed E-state index contributed by atoms with van der Waals surface area (Å²) < 4.78 is 2.03. The molecule has 76 valence electrons. The van der Waals surface area contributed by atoms with Gasteiger partial charge in [-0.05, 0) is 12.1 Å². The number of benzene rings is 1. The summed E-state index contributed by atoms with van der Waals surface area (Å²) in [5.74, 6) is 0. The molecule has 0 saturated heterocycles. The second-order valence-corrected chi connectivity index (χ2v) is 3.96. The van der Waals surface area contributed by atoms with Crippen molar-refractivity contribution in [3.63, 3.8) is 0 Å². The number of imidazole rings is 1. The van der Waals surface area contributed by atoms with Gasteiger partial charge in [0.25, 0.3) is 0 Å².